The van der Waals surface area contributed by atoms with Crippen LogP contribution in [0.4, 0.5) is 15.3 Å². The van der Waals surface area contributed by atoms with E-state index < -0.39 is 24.3 Å². The normalized spacial score (nSPS) is 11.9. The Morgan fingerprint density at radius 3 is 1.89 bits per heavy atom. The lowest BCUT2D eigenvalue weighted by Crippen LogP contribution is -2.53. The van der Waals surface area contributed by atoms with Crippen molar-refractivity contribution >= 4 is 23.7 Å². The van der Waals surface area contributed by atoms with Crippen LogP contribution in [-0.4, -0.2) is 59.8 Å². The van der Waals surface area contributed by atoms with Gasteiger partial charge in [0.05, 0.1) is 25.2 Å². The predicted molar refractivity (Wildman–Crippen MR) is 170 cm³/mol. The zero-order chi connectivity index (χ0) is 31.0. The maximum absolute atomic E-state index is 13.3. The second-order valence-electron chi connectivity index (χ2n) is 10.3. The largest absolute Gasteiger partial charge is 0.445 e. The third-order valence-corrected chi connectivity index (χ3v) is 6.94. The summed E-state index contributed by atoms with van der Waals surface area (Å²) >= 11 is 0. The van der Waals surface area contributed by atoms with Gasteiger partial charge in [-0.2, -0.15) is 0 Å². The van der Waals surface area contributed by atoms with Crippen molar-refractivity contribution in [1.29, 1.82) is 0 Å². The van der Waals surface area contributed by atoms with Crippen LogP contribution in [-0.2, 0) is 29.0 Å². The summed E-state index contributed by atoms with van der Waals surface area (Å²) < 4.78 is 5.42. The van der Waals surface area contributed by atoms with Gasteiger partial charge in [0, 0.05) is 12.2 Å². The standard InChI is InChI=1S/C35H38N4O5/c40-32(31(23-28-15-7-2-8-16-28)38-35(43)44-26-29-17-9-3-10-18-29)25-39(22-21-27-13-5-1-6-14-27)34(42)36-24-33(41)37-30-19-11-4-12-20-30/h1-20,31-32,40H,21-26H2,(H,36,42)(H,37,41)(H,38,43)/t31-,32+/m0/s1. The number of carbonyl (C=O) groups excluding carboxylic acids is 3. The number of nitrogens with one attached hydrogen (secondary N) is 3. The monoisotopic (exact) mass is 594 g/mol. The van der Waals surface area contributed by atoms with Crippen LogP contribution in [0.3, 0.4) is 0 Å². The highest BCUT2D eigenvalue weighted by atomic mass is 16.5. The Morgan fingerprint density at radius 1 is 0.727 bits per heavy atom. The molecule has 0 aromatic heterocycles. The molecule has 4 N–H and O–H groups in total. The van der Waals surface area contributed by atoms with Gasteiger partial charge in [-0.3, -0.25) is 4.79 Å². The number of aliphatic hydroxyl groups excluding tert-OH is 1. The van der Waals surface area contributed by atoms with Crippen molar-refractivity contribution in [3.05, 3.63) is 138 Å². The molecule has 0 bridgehead atoms. The molecular weight excluding hydrogens is 556 g/mol. The number of anilines is 1. The minimum absolute atomic E-state index is 0.0808. The molecule has 0 aliphatic carbocycles. The van der Waals surface area contributed by atoms with Gasteiger partial charge in [-0.1, -0.05) is 109 Å². The maximum Gasteiger partial charge on any atom is 0.407 e. The summed E-state index contributed by atoms with van der Waals surface area (Å²) in [5.41, 5.74) is 3.38. The number of amides is 4. The Hall–Kier alpha value is -5.15. The van der Waals surface area contributed by atoms with Gasteiger partial charge in [0.2, 0.25) is 5.91 Å². The van der Waals surface area contributed by atoms with E-state index in [1.807, 2.05) is 97.1 Å². The van der Waals surface area contributed by atoms with E-state index in [2.05, 4.69) is 16.0 Å². The molecule has 0 heterocycles. The second-order valence-corrected chi connectivity index (χ2v) is 10.3. The Kier molecular flexibility index (Phi) is 12.3. The average Bonchev–Trinajstić information content (AvgIpc) is 3.06. The summed E-state index contributed by atoms with van der Waals surface area (Å²) in [6.07, 6.45) is -0.964. The fourth-order valence-corrected chi connectivity index (χ4v) is 4.60. The number of ether oxygens (including phenoxy) is 1. The molecule has 4 aromatic rings. The van der Waals surface area contributed by atoms with Crippen LogP contribution >= 0.6 is 0 Å². The summed E-state index contributed by atoms with van der Waals surface area (Å²) in [5, 5.41) is 19.6. The van der Waals surface area contributed by atoms with E-state index in [1.165, 1.54) is 4.90 Å². The van der Waals surface area contributed by atoms with E-state index in [9.17, 15) is 19.5 Å². The molecule has 0 radical (unpaired) electrons. The molecule has 0 aliphatic heterocycles. The Balaban J connectivity index is 1.42. The van der Waals surface area contributed by atoms with E-state index in [0.717, 1.165) is 16.7 Å². The van der Waals surface area contributed by atoms with Crippen molar-refractivity contribution in [2.24, 2.45) is 0 Å². The first kappa shape index (κ1) is 31.8. The number of alkyl carbamates (subject to hydrolysis) is 1. The van der Waals surface area contributed by atoms with Crippen molar-refractivity contribution in [2.45, 2.75) is 31.6 Å². The van der Waals surface area contributed by atoms with Crippen molar-refractivity contribution in [3.8, 4) is 0 Å². The molecule has 4 rings (SSSR count). The van der Waals surface area contributed by atoms with Crippen LogP contribution in [0, 0.1) is 0 Å². The molecule has 9 heteroatoms. The number of urea groups is 1. The number of hydrogen-bond acceptors (Lipinski definition) is 5. The van der Waals surface area contributed by atoms with E-state index >= 15 is 0 Å². The number of hydrogen-bond donors (Lipinski definition) is 4. The number of rotatable bonds is 14. The number of para-hydroxylation sites is 1. The third kappa shape index (κ3) is 10.9. The average molecular weight is 595 g/mol. The first-order chi connectivity index (χ1) is 21.5. The first-order valence-electron chi connectivity index (χ1n) is 14.6. The van der Waals surface area contributed by atoms with Crippen molar-refractivity contribution in [1.82, 2.24) is 15.5 Å². The smallest absolute Gasteiger partial charge is 0.407 e. The zero-order valence-electron chi connectivity index (χ0n) is 24.5. The highest BCUT2D eigenvalue weighted by molar-refractivity contribution is 5.94. The van der Waals surface area contributed by atoms with Gasteiger partial charge in [0.15, 0.2) is 0 Å². The number of nitrogens with zero attached hydrogens (tertiary/aromatic N) is 1. The molecule has 0 spiro atoms. The van der Waals surface area contributed by atoms with E-state index in [0.29, 0.717) is 18.5 Å². The predicted octanol–water partition coefficient (Wildman–Crippen LogP) is 4.78. The maximum atomic E-state index is 13.3. The molecule has 0 saturated heterocycles. The van der Waals surface area contributed by atoms with Crippen LogP contribution in [0.1, 0.15) is 16.7 Å². The third-order valence-electron chi connectivity index (χ3n) is 6.94. The summed E-state index contributed by atoms with van der Waals surface area (Å²) in [4.78, 5) is 40.1. The minimum atomic E-state index is -1.14. The fraction of sp³-hybridized carbons (Fsp3) is 0.229. The van der Waals surface area contributed by atoms with Crippen LogP contribution in [0.2, 0.25) is 0 Å². The summed E-state index contributed by atoms with van der Waals surface area (Å²) in [6.45, 7) is 0.0276. The van der Waals surface area contributed by atoms with E-state index in [1.54, 1.807) is 24.3 Å². The Morgan fingerprint density at radius 2 is 1.27 bits per heavy atom. The lowest BCUT2D eigenvalue weighted by molar-refractivity contribution is -0.115. The molecular formula is C35H38N4O5. The van der Waals surface area contributed by atoms with Gasteiger partial charge in [-0.25, -0.2) is 9.59 Å². The lowest BCUT2D eigenvalue weighted by Gasteiger charge is -2.30. The van der Waals surface area contributed by atoms with Crippen LogP contribution in [0.15, 0.2) is 121 Å². The van der Waals surface area contributed by atoms with Gasteiger partial charge in [0.1, 0.15) is 6.61 Å². The molecule has 4 amide bonds. The van der Waals surface area contributed by atoms with Gasteiger partial charge in [-0.05, 0) is 41.7 Å². The summed E-state index contributed by atoms with van der Waals surface area (Å²) in [6, 6.07) is 36.2. The van der Waals surface area contributed by atoms with Gasteiger partial charge in [0.25, 0.3) is 0 Å². The quantitative estimate of drug-likeness (QED) is 0.168. The second kappa shape index (κ2) is 17.1. The van der Waals surface area contributed by atoms with Crippen LogP contribution in [0.25, 0.3) is 0 Å². The number of benzene rings is 4. The van der Waals surface area contributed by atoms with Gasteiger partial charge >= 0.3 is 12.1 Å². The molecule has 228 valence electrons. The molecule has 0 saturated carbocycles. The van der Waals surface area contributed by atoms with E-state index in [4.69, 9.17) is 4.74 Å². The Bertz CT molecular complexity index is 1440. The molecule has 0 fully saturated rings. The highest BCUT2D eigenvalue weighted by Crippen LogP contribution is 2.11. The van der Waals surface area contributed by atoms with Crippen molar-refractivity contribution in [2.75, 3.05) is 25.0 Å². The molecule has 44 heavy (non-hydrogen) atoms. The molecule has 0 unspecified atom stereocenters. The first-order valence-corrected chi connectivity index (χ1v) is 14.6. The lowest BCUT2D eigenvalue weighted by atomic mass is 10.0. The topological polar surface area (TPSA) is 120 Å². The van der Waals surface area contributed by atoms with Crippen molar-refractivity contribution < 1.29 is 24.2 Å². The van der Waals surface area contributed by atoms with E-state index in [-0.39, 0.29) is 32.1 Å². The van der Waals surface area contributed by atoms with Crippen molar-refractivity contribution in [3.63, 3.8) is 0 Å². The van der Waals surface area contributed by atoms with Crippen LogP contribution < -0.4 is 16.0 Å². The summed E-state index contributed by atoms with van der Waals surface area (Å²) in [5.74, 6) is -0.377. The molecule has 9 nitrogen and oxygen atoms in total. The SMILES string of the molecule is O=C(CNC(=O)N(CCc1ccccc1)C[C@@H](O)[C@H](Cc1ccccc1)NC(=O)OCc1ccccc1)Nc1ccccc1. The number of aliphatic hydroxyl groups is 1. The molecule has 0 aliphatic rings. The van der Waals surface area contributed by atoms with Crippen LogP contribution in [0.5, 0.6) is 0 Å². The minimum Gasteiger partial charge on any atom is -0.445 e. The summed E-state index contributed by atoms with van der Waals surface area (Å²) in [7, 11) is 0. The highest BCUT2D eigenvalue weighted by Gasteiger charge is 2.27. The van der Waals surface area contributed by atoms with Gasteiger partial charge < -0.3 is 30.7 Å². The zero-order valence-corrected chi connectivity index (χ0v) is 24.5. The fourth-order valence-electron chi connectivity index (χ4n) is 4.60. The number of carbonyl (C=O) groups is 3. The molecule has 4 aromatic carbocycles. The van der Waals surface area contributed by atoms with Gasteiger partial charge in [-0.15, -0.1) is 0 Å². The Labute approximate surface area is 257 Å². The molecule has 2 atom stereocenters.